The van der Waals surface area contributed by atoms with E-state index in [9.17, 15) is 0 Å². The molecule has 96 valence electrons. The molecule has 1 heterocycles. The molecule has 0 aromatic carbocycles. The van der Waals surface area contributed by atoms with Crippen LogP contribution < -0.4 is 5.32 Å². The van der Waals surface area contributed by atoms with Crippen LogP contribution in [0.4, 0.5) is 6.01 Å². The Hall–Kier alpha value is -1.10. The van der Waals surface area contributed by atoms with Crippen molar-refractivity contribution in [1.29, 1.82) is 0 Å². The highest BCUT2D eigenvalue weighted by Crippen LogP contribution is 2.40. The zero-order valence-electron chi connectivity index (χ0n) is 10.8. The van der Waals surface area contributed by atoms with Crippen LogP contribution in [0.25, 0.3) is 0 Å². The zero-order valence-corrected chi connectivity index (χ0v) is 10.8. The summed E-state index contributed by atoms with van der Waals surface area (Å²) in [5, 5.41) is 7.18. The van der Waals surface area contributed by atoms with E-state index in [-0.39, 0.29) is 11.6 Å². The molecule has 5 nitrogen and oxygen atoms in total. The number of rotatable bonds is 5. The average Bonchev–Trinajstić information content (AvgIpc) is 2.87. The minimum atomic E-state index is -0.310. The van der Waals surface area contributed by atoms with Gasteiger partial charge in [-0.3, -0.25) is 0 Å². The van der Waals surface area contributed by atoms with E-state index in [2.05, 4.69) is 15.5 Å². The van der Waals surface area contributed by atoms with Crippen molar-refractivity contribution in [3.8, 4) is 0 Å². The number of aromatic nitrogens is 2. The number of hydrogen-bond donors (Lipinski definition) is 1. The molecule has 1 aromatic rings. The molecular weight excluding hydrogens is 218 g/mol. The molecule has 1 saturated carbocycles. The lowest BCUT2D eigenvalue weighted by atomic mass is 10.0. The fraction of sp³-hybridized carbons (Fsp3) is 0.833. The van der Waals surface area contributed by atoms with Crippen molar-refractivity contribution in [1.82, 2.24) is 10.1 Å². The van der Waals surface area contributed by atoms with Crippen LogP contribution in [0, 0.1) is 0 Å². The molecule has 0 spiro atoms. The van der Waals surface area contributed by atoms with E-state index < -0.39 is 0 Å². The largest absolute Gasteiger partial charge is 0.367 e. The Labute approximate surface area is 102 Å². The van der Waals surface area contributed by atoms with Crippen molar-refractivity contribution < 1.29 is 9.26 Å². The Morgan fingerprint density at radius 3 is 2.71 bits per heavy atom. The maximum Gasteiger partial charge on any atom is 0.321 e. The minimum Gasteiger partial charge on any atom is -0.367 e. The van der Waals surface area contributed by atoms with Gasteiger partial charge in [0.25, 0.3) is 0 Å². The first kappa shape index (κ1) is 12.4. The Morgan fingerprint density at radius 2 is 2.12 bits per heavy atom. The molecule has 1 aromatic heterocycles. The Morgan fingerprint density at radius 1 is 1.41 bits per heavy atom. The van der Waals surface area contributed by atoms with Gasteiger partial charge in [-0.1, -0.05) is 5.16 Å². The molecule has 17 heavy (non-hydrogen) atoms. The number of nitrogens with zero attached hydrogens (tertiary/aromatic N) is 2. The molecule has 0 radical (unpaired) electrons. The van der Waals surface area contributed by atoms with Gasteiger partial charge in [0.2, 0.25) is 5.82 Å². The van der Waals surface area contributed by atoms with Crippen LogP contribution in [0.15, 0.2) is 4.52 Å². The number of ether oxygens (including phenoxy) is 1. The standard InChI is InChI=1S/C12H21N3O2/c1-4-16-12(7-5-6-8-12)10-14-11(17-15-10)13-9(2)3/h9H,4-8H2,1-3H3,(H,13,14,15). The molecule has 2 rings (SSSR count). The molecule has 0 amide bonds. The van der Waals surface area contributed by atoms with Gasteiger partial charge in [-0.25, -0.2) is 0 Å². The topological polar surface area (TPSA) is 60.2 Å². The van der Waals surface area contributed by atoms with Gasteiger partial charge >= 0.3 is 6.01 Å². The second-order valence-corrected chi connectivity index (χ2v) is 4.86. The van der Waals surface area contributed by atoms with E-state index in [1.54, 1.807) is 0 Å². The quantitative estimate of drug-likeness (QED) is 0.856. The minimum absolute atomic E-state index is 0.287. The molecule has 1 aliphatic carbocycles. The molecule has 1 fully saturated rings. The summed E-state index contributed by atoms with van der Waals surface area (Å²) >= 11 is 0. The van der Waals surface area contributed by atoms with Crippen LogP contribution in [0.2, 0.25) is 0 Å². The number of hydrogen-bond acceptors (Lipinski definition) is 5. The maximum absolute atomic E-state index is 5.88. The highest BCUT2D eigenvalue weighted by molar-refractivity contribution is 5.21. The Balaban J connectivity index is 2.16. The summed E-state index contributed by atoms with van der Waals surface area (Å²) < 4.78 is 11.1. The fourth-order valence-electron chi connectivity index (χ4n) is 2.37. The van der Waals surface area contributed by atoms with Gasteiger partial charge in [0.05, 0.1) is 0 Å². The molecule has 1 aliphatic rings. The molecule has 0 unspecified atom stereocenters. The van der Waals surface area contributed by atoms with Gasteiger partial charge < -0.3 is 14.6 Å². The van der Waals surface area contributed by atoms with Crippen LogP contribution in [-0.2, 0) is 10.3 Å². The second-order valence-electron chi connectivity index (χ2n) is 4.86. The lowest BCUT2D eigenvalue weighted by molar-refractivity contribution is -0.0469. The predicted octanol–water partition coefficient (Wildman–Crippen LogP) is 2.70. The molecule has 0 bridgehead atoms. The smallest absolute Gasteiger partial charge is 0.321 e. The number of anilines is 1. The average molecular weight is 239 g/mol. The SMILES string of the molecule is CCOC1(c2noc(NC(C)C)n2)CCCC1. The lowest BCUT2D eigenvalue weighted by Gasteiger charge is -2.24. The van der Waals surface area contributed by atoms with Gasteiger partial charge in [0.15, 0.2) is 0 Å². The summed E-state index contributed by atoms with van der Waals surface area (Å²) in [7, 11) is 0. The van der Waals surface area contributed by atoms with Gasteiger partial charge in [0.1, 0.15) is 5.60 Å². The van der Waals surface area contributed by atoms with Crippen molar-refractivity contribution in [2.24, 2.45) is 0 Å². The molecular formula is C12H21N3O2. The lowest BCUT2D eigenvalue weighted by Crippen LogP contribution is -2.27. The van der Waals surface area contributed by atoms with Crippen molar-refractivity contribution in [3.63, 3.8) is 0 Å². The van der Waals surface area contributed by atoms with Gasteiger partial charge in [0, 0.05) is 12.6 Å². The van der Waals surface area contributed by atoms with E-state index in [1.807, 2.05) is 20.8 Å². The normalized spacial score (nSPS) is 18.8. The van der Waals surface area contributed by atoms with Crippen LogP contribution >= 0.6 is 0 Å². The second kappa shape index (κ2) is 5.04. The van der Waals surface area contributed by atoms with E-state index in [0.717, 1.165) is 12.8 Å². The molecule has 1 N–H and O–H groups in total. The Bertz CT molecular complexity index is 356. The van der Waals surface area contributed by atoms with Crippen molar-refractivity contribution in [2.75, 3.05) is 11.9 Å². The Kier molecular flexibility index (Phi) is 3.66. The van der Waals surface area contributed by atoms with Crippen LogP contribution in [0.5, 0.6) is 0 Å². The molecule has 0 aliphatic heterocycles. The third-order valence-electron chi connectivity index (χ3n) is 3.08. The first-order valence-corrected chi connectivity index (χ1v) is 6.41. The van der Waals surface area contributed by atoms with Gasteiger partial charge in [-0.05, 0) is 46.5 Å². The highest BCUT2D eigenvalue weighted by atomic mass is 16.5. The van der Waals surface area contributed by atoms with Crippen LogP contribution in [-0.4, -0.2) is 22.8 Å². The monoisotopic (exact) mass is 239 g/mol. The summed E-state index contributed by atoms with van der Waals surface area (Å²) in [6.45, 7) is 6.77. The van der Waals surface area contributed by atoms with Crippen molar-refractivity contribution >= 4 is 6.01 Å². The van der Waals surface area contributed by atoms with Gasteiger partial charge in [-0.2, -0.15) is 4.98 Å². The third-order valence-corrected chi connectivity index (χ3v) is 3.08. The number of nitrogens with one attached hydrogen (secondary N) is 1. The summed E-state index contributed by atoms with van der Waals surface area (Å²) in [6, 6.07) is 0.774. The third kappa shape index (κ3) is 2.60. The molecule has 5 heteroatoms. The van der Waals surface area contributed by atoms with Crippen LogP contribution in [0.1, 0.15) is 52.3 Å². The van der Waals surface area contributed by atoms with Crippen molar-refractivity contribution in [2.45, 2.75) is 58.1 Å². The summed E-state index contributed by atoms with van der Waals surface area (Å²) in [4.78, 5) is 4.41. The fourth-order valence-corrected chi connectivity index (χ4v) is 2.37. The molecule has 0 saturated heterocycles. The first-order chi connectivity index (χ1) is 8.16. The van der Waals surface area contributed by atoms with Crippen LogP contribution in [0.3, 0.4) is 0 Å². The van der Waals surface area contributed by atoms with Crippen molar-refractivity contribution in [3.05, 3.63) is 5.82 Å². The predicted molar refractivity (Wildman–Crippen MR) is 64.8 cm³/mol. The van der Waals surface area contributed by atoms with E-state index >= 15 is 0 Å². The van der Waals surface area contributed by atoms with E-state index in [0.29, 0.717) is 18.4 Å². The first-order valence-electron chi connectivity index (χ1n) is 6.41. The van der Waals surface area contributed by atoms with E-state index in [1.165, 1.54) is 12.8 Å². The molecule has 0 atom stereocenters. The summed E-state index contributed by atoms with van der Waals surface area (Å²) in [5.41, 5.74) is -0.310. The summed E-state index contributed by atoms with van der Waals surface area (Å²) in [6.07, 6.45) is 4.31. The zero-order chi connectivity index (χ0) is 12.3. The van der Waals surface area contributed by atoms with E-state index in [4.69, 9.17) is 9.26 Å². The summed E-state index contributed by atoms with van der Waals surface area (Å²) in [5.74, 6) is 0.694. The highest BCUT2D eigenvalue weighted by Gasteiger charge is 2.40. The maximum atomic E-state index is 5.88. The van der Waals surface area contributed by atoms with Gasteiger partial charge in [-0.15, -0.1) is 0 Å².